The van der Waals surface area contributed by atoms with Crippen molar-refractivity contribution < 1.29 is 19.2 Å². The van der Waals surface area contributed by atoms with E-state index >= 15 is 0 Å². The normalized spacial score (nSPS) is 21.4. The molecule has 2 unspecified atom stereocenters. The summed E-state index contributed by atoms with van der Waals surface area (Å²) >= 11 is 1.33. The van der Waals surface area contributed by atoms with Crippen LogP contribution in [0.4, 0.5) is 0 Å². The fourth-order valence-electron chi connectivity index (χ4n) is 1.57. The minimum absolute atomic E-state index is 0.206. The highest BCUT2D eigenvalue weighted by Gasteiger charge is 2.54. The first kappa shape index (κ1) is 12.7. The molecule has 0 aliphatic heterocycles. The van der Waals surface area contributed by atoms with Gasteiger partial charge in [0.2, 0.25) is 11.8 Å². The molecular weight excluding hydrogens is 258 g/mol. The first-order valence-corrected chi connectivity index (χ1v) is 6.20. The Kier molecular flexibility index (Phi) is 3.42. The van der Waals surface area contributed by atoms with Gasteiger partial charge in [-0.3, -0.25) is 19.7 Å². The number of hydrogen-bond donors (Lipinski definition) is 0. The van der Waals surface area contributed by atoms with Crippen molar-refractivity contribution in [2.24, 2.45) is 5.92 Å². The molecule has 2 atom stereocenters. The average molecular weight is 269 g/mol. The maximum atomic E-state index is 11.6. The fourth-order valence-corrected chi connectivity index (χ4v) is 2.36. The molecule has 1 aromatic rings. The van der Waals surface area contributed by atoms with Crippen LogP contribution in [-0.2, 0) is 9.53 Å². The Labute approximate surface area is 107 Å². The Bertz CT molecular complexity index is 509. The number of carbonyl (C=O) groups excluding carboxylic acids is 2. The monoisotopic (exact) mass is 269 g/mol. The van der Waals surface area contributed by atoms with Crippen molar-refractivity contribution in [2.75, 3.05) is 6.61 Å². The van der Waals surface area contributed by atoms with E-state index in [-0.39, 0.29) is 18.8 Å². The summed E-state index contributed by atoms with van der Waals surface area (Å²) in [7, 11) is 0. The van der Waals surface area contributed by atoms with Crippen LogP contribution in [0.5, 0.6) is 0 Å². The minimum Gasteiger partial charge on any atom is -0.457 e. The van der Waals surface area contributed by atoms with Crippen LogP contribution in [0.15, 0.2) is 12.1 Å². The van der Waals surface area contributed by atoms with Crippen LogP contribution in [0.1, 0.15) is 21.0 Å². The maximum Gasteiger partial charge on any atom is 0.316 e. The van der Waals surface area contributed by atoms with Crippen molar-refractivity contribution in [1.29, 1.82) is 0 Å². The molecule has 0 saturated heterocycles. The largest absolute Gasteiger partial charge is 0.457 e. The molecular formula is C11H11NO5S. The van der Waals surface area contributed by atoms with Crippen LogP contribution in [0.2, 0.25) is 0 Å². The van der Waals surface area contributed by atoms with Gasteiger partial charge in [-0.05, 0) is 19.1 Å². The Morgan fingerprint density at radius 1 is 1.56 bits per heavy atom. The van der Waals surface area contributed by atoms with Crippen molar-refractivity contribution >= 4 is 23.1 Å². The van der Waals surface area contributed by atoms with E-state index in [9.17, 15) is 19.7 Å². The number of aryl methyl sites for hydroxylation is 1. The summed E-state index contributed by atoms with van der Waals surface area (Å²) in [6, 6.07) is 2.65. The zero-order valence-corrected chi connectivity index (χ0v) is 10.4. The minimum atomic E-state index is -0.836. The highest BCUT2D eigenvalue weighted by molar-refractivity contribution is 7.14. The molecule has 0 aromatic carbocycles. The van der Waals surface area contributed by atoms with E-state index in [4.69, 9.17) is 4.74 Å². The van der Waals surface area contributed by atoms with Gasteiger partial charge in [0.1, 0.15) is 5.92 Å². The van der Waals surface area contributed by atoms with E-state index in [1.165, 1.54) is 11.3 Å². The number of ketones is 1. The lowest BCUT2D eigenvalue weighted by Gasteiger charge is -2.01. The van der Waals surface area contributed by atoms with E-state index < -0.39 is 22.9 Å². The van der Waals surface area contributed by atoms with Gasteiger partial charge in [-0.1, -0.05) is 0 Å². The highest BCUT2D eigenvalue weighted by Crippen LogP contribution is 2.34. The van der Waals surface area contributed by atoms with E-state index in [0.717, 1.165) is 4.88 Å². The standard InChI is InChI=1S/C11H11NO5S/c1-6-2-3-10(18-6)9(13)5-17-11(14)7-4-8(7)12(15)16/h2-3,7-8H,4-5H2,1H3. The van der Waals surface area contributed by atoms with Crippen molar-refractivity contribution in [3.05, 3.63) is 32.0 Å². The number of ether oxygens (including phenoxy) is 1. The molecule has 7 heteroatoms. The van der Waals surface area contributed by atoms with E-state index in [1.54, 1.807) is 6.07 Å². The smallest absolute Gasteiger partial charge is 0.316 e. The van der Waals surface area contributed by atoms with Crippen LogP contribution < -0.4 is 0 Å². The summed E-state index contributed by atoms with van der Waals surface area (Å²) < 4.78 is 4.79. The molecule has 6 nitrogen and oxygen atoms in total. The second-order valence-electron chi connectivity index (χ2n) is 4.14. The molecule has 1 aliphatic rings. The molecule has 1 aliphatic carbocycles. The summed E-state index contributed by atoms with van der Waals surface area (Å²) in [6.45, 7) is 1.53. The van der Waals surface area contributed by atoms with Crippen molar-refractivity contribution in [1.82, 2.24) is 0 Å². The first-order valence-electron chi connectivity index (χ1n) is 5.39. The lowest BCUT2D eigenvalue weighted by molar-refractivity contribution is -0.497. The Morgan fingerprint density at radius 3 is 2.78 bits per heavy atom. The lowest BCUT2D eigenvalue weighted by atomic mass is 10.3. The molecule has 0 bridgehead atoms. The van der Waals surface area contributed by atoms with Crippen molar-refractivity contribution in [3.8, 4) is 0 Å². The average Bonchev–Trinajstić information content (AvgIpc) is 3.02. The van der Waals surface area contributed by atoms with Gasteiger partial charge < -0.3 is 4.74 Å². The SMILES string of the molecule is Cc1ccc(C(=O)COC(=O)C2CC2[N+](=O)[O-])s1. The van der Waals surface area contributed by atoms with Crippen LogP contribution in [0.25, 0.3) is 0 Å². The van der Waals surface area contributed by atoms with Gasteiger partial charge in [-0.2, -0.15) is 0 Å². The third kappa shape index (κ3) is 2.73. The highest BCUT2D eigenvalue weighted by atomic mass is 32.1. The lowest BCUT2D eigenvalue weighted by Crippen LogP contribution is -2.17. The topological polar surface area (TPSA) is 86.5 Å². The number of nitrogens with zero attached hydrogens (tertiary/aromatic N) is 1. The van der Waals surface area contributed by atoms with Gasteiger partial charge in [0, 0.05) is 16.2 Å². The molecule has 1 heterocycles. The summed E-state index contributed by atoms with van der Waals surface area (Å²) in [4.78, 5) is 34.4. The summed E-state index contributed by atoms with van der Waals surface area (Å²) in [6.07, 6.45) is 0.206. The third-order valence-electron chi connectivity index (χ3n) is 2.69. The fraction of sp³-hybridized carbons (Fsp3) is 0.455. The molecule has 0 radical (unpaired) electrons. The zero-order chi connectivity index (χ0) is 13.3. The zero-order valence-electron chi connectivity index (χ0n) is 9.62. The predicted octanol–water partition coefficient (Wildman–Crippen LogP) is 1.45. The molecule has 0 amide bonds. The van der Waals surface area contributed by atoms with Crippen molar-refractivity contribution in [3.63, 3.8) is 0 Å². The van der Waals surface area contributed by atoms with E-state index in [2.05, 4.69) is 0 Å². The Morgan fingerprint density at radius 2 is 2.28 bits per heavy atom. The molecule has 96 valence electrons. The predicted molar refractivity (Wildman–Crippen MR) is 63.2 cm³/mol. The number of esters is 1. The summed E-state index contributed by atoms with van der Waals surface area (Å²) in [5.41, 5.74) is 0. The van der Waals surface area contributed by atoms with Gasteiger partial charge in [0.15, 0.2) is 6.61 Å². The molecule has 1 saturated carbocycles. The number of rotatable bonds is 5. The van der Waals surface area contributed by atoms with Gasteiger partial charge in [-0.15, -0.1) is 11.3 Å². The number of thiophene rings is 1. The van der Waals surface area contributed by atoms with Crippen LogP contribution >= 0.6 is 11.3 Å². The Balaban J connectivity index is 1.80. The quantitative estimate of drug-likeness (QED) is 0.349. The summed E-state index contributed by atoms with van der Waals surface area (Å²) in [5.74, 6) is -1.61. The molecule has 0 spiro atoms. The molecule has 0 N–H and O–H groups in total. The van der Waals surface area contributed by atoms with Crippen LogP contribution in [0, 0.1) is 23.0 Å². The maximum absolute atomic E-state index is 11.6. The number of carbonyl (C=O) groups is 2. The van der Waals surface area contributed by atoms with Crippen LogP contribution in [0.3, 0.4) is 0 Å². The molecule has 1 aromatic heterocycles. The Hall–Kier alpha value is -1.76. The van der Waals surface area contributed by atoms with Crippen LogP contribution in [-0.4, -0.2) is 29.3 Å². The second kappa shape index (κ2) is 4.85. The van der Waals surface area contributed by atoms with E-state index in [1.807, 2.05) is 13.0 Å². The molecule has 1 fully saturated rings. The number of nitro groups is 1. The van der Waals surface area contributed by atoms with Gasteiger partial charge in [-0.25, -0.2) is 0 Å². The van der Waals surface area contributed by atoms with Gasteiger partial charge >= 0.3 is 5.97 Å². The van der Waals surface area contributed by atoms with Gasteiger partial charge in [0.25, 0.3) is 0 Å². The molecule has 18 heavy (non-hydrogen) atoms. The molecule has 2 rings (SSSR count). The number of hydrogen-bond acceptors (Lipinski definition) is 6. The second-order valence-corrected chi connectivity index (χ2v) is 5.42. The van der Waals surface area contributed by atoms with Gasteiger partial charge in [0.05, 0.1) is 4.88 Å². The van der Waals surface area contributed by atoms with Crippen molar-refractivity contribution in [2.45, 2.75) is 19.4 Å². The number of Topliss-reactive ketones (excluding diaryl/α,β-unsaturated/α-hetero) is 1. The first-order chi connectivity index (χ1) is 8.49. The summed E-state index contributed by atoms with van der Waals surface area (Å²) in [5, 5.41) is 10.4. The third-order valence-corrected chi connectivity index (χ3v) is 3.73. The van der Waals surface area contributed by atoms with E-state index in [0.29, 0.717) is 4.88 Å².